The van der Waals surface area contributed by atoms with Crippen LogP contribution in [0.3, 0.4) is 0 Å². The van der Waals surface area contributed by atoms with Crippen LogP contribution in [-0.2, 0) is 4.74 Å². The Kier molecular flexibility index (Phi) is 5.73. The van der Waals surface area contributed by atoms with Crippen LogP contribution in [0.5, 0.6) is 0 Å². The number of nitrogens with zero attached hydrogens (tertiary/aromatic N) is 2. The van der Waals surface area contributed by atoms with Crippen molar-refractivity contribution in [2.45, 2.75) is 51.2 Å². The molecule has 158 valence electrons. The van der Waals surface area contributed by atoms with Crippen molar-refractivity contribution in [1.29, 1.82) is 0 Å². The number of pyridine rings is 1. The molecule has 3 aliphatic rings. The molecule has 4 heterocycles. The van der Waals surface area contributed by atoms with E-state index in [1.54, 1.807) is 6.07 Å². The first-order valence-corrected chi connectivity index (χ1v) is 14.5. The summed E-state index contributed by atoms with van der Waals surface area (Å²) in [5.74, 6) is 0.572. The summed E-state index contributed by atoms with van der Waals surface area (Å²) in [5, 5.41) is 8.77. The molecule has 3 atom stereocenters. The summed E-state index contributed by atoms with van der Waals surface area (Å²) in [6.07, 6.45) is 9.29. The minimum atomic E-state index is -1.09. The van der Waals surface area contributed by atoms with Gasteiger partial charge in [-0.1, -0.05) is 26.6 Å². The molecule has 0 bridgehead atoms. The van der Waals surface area contributed by atoms with Gasteiger partial charge in [-0.15, -0.1) is 0 Å². The Balaban J connectivity index is 1.63. The van der Waals surface area contributed by atoms with E-state index in [0.717, 1.165) is 42.3 Å². The first-order chi connectivity index (χ1) is 13.8. The van der Waals surface area contributed by atoms with Gasteiger partial charge in [-0.3, -0.25) is 4.79 Å². The molecule has 6 nitrogen and oxygen atoms in total. The van der Waals surface area contributed by atoms with Gasteiger partial charge in [0.05, 0.1) is 10.6 Å². The number of ether oxygens (including phenoxy) is 1. The maximum atomic E-state index is 12.6. The second-order valence-electron chi connectivity index (χ2n) is 9.73. The van der Waals surface area contributed by atoms with Crippen molar-refractivity contribution in [2.75, 3.05) is 26.4 Å². The SMILES string of the molecule is C[C@@H]1CCNC[C@@H]1n1ccc(=O)c2c1=C1C=CN(COCC[Si](C)(C)C)[C@H]1NC=2. The predicted molar refractivity (Wildman–Crippen MR) is 120 cm³/mol. The smallest absolute Gasteiger partial charge is 0.190 e. The van der Waals surface area contributed by atoms with E-state index < -0.39 is 8.07 Å². The fourth-order valence-electron chi connectivity index (χ4n) is 4.39. The highest BCUT2D eigenvalue weighted by Crippen LogP contribution is 2.24. The van der Waals surface area contributed by atoms with Crippen LogP contribution in [0.4, 0.5) is 0 Å². The van der Waals surface area contributed by atoms with Gasteiger partial charge >= 0.3 is 0 Å². The van der Waals surface area contributed by atoms with Gasteiger partial charge in [-0.25, -0.2) is 0 Å². The molecule has 0 aromatic carbocycles. The van der Waals surface area contributed by atoms with Crippen molar-refractivity contribution in [2.24, 2.45) is 5.92 Å². The van der Waals surface area contributed by atoms with Gasteiger partial charge in [0.25, 0.3) is 0 Å². The minimum absolute atomic E-state index is 0.0225. The van der Waals surface area contributed by atoms with Gasteiger partial charge in [0.15, 0.2) is 5.43 Å². The zero-order valence-corrected chi connectivity index (χ0v) is 19.1. The second kappa shape index (κ2) is 8.12. The topological polar surface area (TPSA) is 58.5 Å². The standard InChI is InChI=1S/C22H34N4O2Si/c1-16-5-8-23-14-19(16)26-10-7-20(27)18-13-24-22-17(21(18)26)6-9-25(22)15-28-11-12-29(2,3)4/h6-7,9-10,13,16,19,22-24H,5,8,11-12,14-15H2,1-4H3/t16-,19+,22-/m1/s1. The fraction of sp³-hybridized carbons (Fsp3) is 0.591. The van der Waals surface area contributed by atoms with Gasteiger partial charge < -0.3 is 24.8 Å². The van der Waals surface area contributed by atoms with Gasteiger partial charge in [0.2, 0.25) is 0 Å². The molecular weight excluding hydrogens is 380 g/mol. The van der Waals surface area contributed by atoms with Crippen molar-refractivity contribution in [1.82, 2.24) is 20.1 Å². The molecule has 2 N–H and O–H groups in total. The number of piperidine rings is 1. The molecule has 1 aromatic rings. The molecule has 4 rings (SSSR count). The maximum Gasteiger partial charge on any atom is 0.190 e. The number of rotatable bonds is 6. The normalized spacial score (nSPS) is 26.0. The number of fused-ring (bicyclic) bond motifs is 2. The van der Waals surface area contributed by atoms with Gasteiger partial charge in [-0.05, 0) is 31.0 Å². The Hall–Kier alpha value is -1.83. The fourth-order valence-corrected chi connectivity index (χ4v) is 5.15. The molecule has 0 spiro atoms. The lowest BCUT2D eigenvalue weighted by atomic mass is 9.94. The summed E-state index contributed by atoms with van der Waals surface area (Å²) in [6.45, 7) is 12.8. The highest BCUT2D eigenvalue weighted by molar-refractivity contribution is 6.76. The van der Waals surface area contributed by atoms with Crippen molar-refractivity contribution < 1.29 is 4.74 Å². The summed E-state index contributed by atoms with van der Waals surface area (Å²) in [7, 11) is -1.09. The highest BCUT2D eigenvalue weighted by Gasteiger charge is 2.30. The van der Waals surface area contributed by atoms with Crippen LogP contribution in [-0.4, -0.2) is 50.1 Å². The second-order valence-corrected chi connectivity index (χ2v) is 15.4. The number of hydrogen-bond acceptors (Lipinski definition) is 5. The number of hydrogen-bond donors (Lipinski definition) is 2. The molecule has 1 aromatic heterocycles. The molecule has 29 heavy (non-hydrogen) atoms. The van der Waals surface area contributed by atoms with E-state index in [4.69, 9.17) is 4.74 Å². The van der Waals surface area contributed by atoms with E-state index in [-0.39, 0.29) is 11.6 Å². The van der Waals surface area contributed by atoms with E-state index >= 15 is 0 Å². The summed E-state index contributed by atoms with van der Waals surface area (Å²) >= 11 is 0. The van der Waals surface area contributed by atoms with E-state index in [1.807, 2.05) is 12.4 Å². The molecule has 0 saturated carbocycles. The van der Waals surface area contributed by atoms with Crippen molar-refractivity contribution in [3.63, 3.8) is 0 Å². The largest absolute Gasteiger partial charge is 0.367 e. The third-order valence-electron chi connectivity index (χ3n) is 6.28. The summed E-state index contributed by atoms with van der Waals surface area (Å²) in [5.41, 5.74) is 1.23. The quantitative estimate of drug-likeness (QED) is 0.537. The predicted octanol–water partition coefficient (Wildman–Crippen LogP) is 0.978. The minimum Gasteiger partial charge on any atom is -0.367 e. The first kappa shape index (κ1) is 20.4. The highest BCUT2D eigenvalue weighted by atomic mass is 28.3. The Bertz CT molecular complexity index is 962. The molecule has 0 amide bonds. The Morgan fingerprint density at radius 3 is 2.90 bits per heavy atom. The average molecular weight is 415 g/mol. The lowest BCUT2D eigenvalue weighted by Crippen LogP contribution is -2.57. The first-order valence-electron chi connectivity index (χ1n) is 10.8. The van der Waals surface area contributed by atoms with E-state index in [2.05, 4.69) is 58.9 Å². The average Bonchev–Trinajstić information content (AvgIpc) is 3.09. The Labute approximate surface area is 173 Å². The van der Waals surface area contributed by atoms with E-state index in [9.17, 15) is 4.79 Å². The van der Waals surface area contributed by atoms with Crippen LogP contribution < -0.4 is 26.6 Å². The van der Waals surface area contributed by atoms with Crippen LogP contribution >= 0.6 is 0 Å². The summed E-state index contributed by atoms with van der Waals surface area (Å²) in [4.78, 5) is 14.8. The molecule has 0 aliphatic carbocycles. The monoisotopic (exact) mass is 414 g/mol. The zero-order chi connectivity index (χ0) is 20.6. The van der Waals surface area contributed by atoms with E-state index in [0.29, 0.717) is 18.7 Å². The summed E-state index contributed by atoms with van der Waals surface area (Å²) in [6, 6.07) is 3.23. The van der Waals surface area contributed by atoms with Crippen molar-refractivity contribution in [3.05, 3.63) is 45.3 Å². The van der Waals surface area contributed by atoms with Crippen LogP contribution in [0, 0.1) is 5.92 Å². The molecule has 0 radical (unpaired) electrons. The molecule has 7 heteroatoms. The van der Waals surface area contributed by atoms with Crippen LogP contribution in [0.15, 0.2) is 29.3 Å². The Morgan fingerprint density at radius 2 is 2.14 bits per heavy atom. The molecule has 1 saturated heterocycles. The van der Waals surface area contributed by atoms with E-state index in [1.165, 1.54) is 6.04 Å². The van der Waals surface area contributed by atoms with Gasteiger partial charge in [-0.2, -0.15) is 0 Å². The van der Waals surface area contributed by atoms with Crippen LogP contribution in [0.25, 0.3) is 11.8 Å². The third-order valence-corrected chi connectivity index (χ3v) is 7.98. The molecule has 1 fully saturated rings. The van der Waals surface area contributed by atoms with Crippen molar-refractivity contribution in [3.8, 4) is 0 Å². The zero-order valence-electron chi connectivity index (χ0n) is 18.1. The Morgan fingerprint density at radius 1 is 1.31 bits per heavy atom. The molecule has 0 unspecified atom stereocenters. The number of aromatic nitrogens is 1. The van der Waals surface area contributed by atoms with Gasteiger partial charge in [0.1, 0.15) is 12.9 Å². The van der Waals surface area contributed by atoms with Crippen LogP contribution in [0.2, 0.25) is 25.7 Å². The van der Waals surface area contributed by atoms with Gasteiger partial charge in [0, 0.05) is 57.5 Å². The number of nitrogens with one attached hydrogen (secondary N) is 2. The van der Waals surface area contributed by atoms with Crippen LogP contribution in [0.1, 0.15) is 19.4 Å². The molecule has 3 aliphatic heterocycles. The third kappa shape index (κ3) is 4.22. The summed E-state index contributed by atoms with van der Waals surface area (Å²) < 4.78 is 8.31. The lowest BCUT2D eigenvalue weighted by molar-refractivity contribution is 0.0512. The maximum absolute atomic E-state index is 12.6. The lowest BCUT2D eigenvalue weighted by Gasteiger charge is -2.34. The van der Waals surface area contributed by atoms with Crippen molar-refractivity contribution >= 4 is 19.8 Å². The molecular formula is C22H34N4O2Si.